The maximum atomic E-state index is 11.8. The molecule has 0 saturated carbocycles. The number of nitrogens with one attached hydrogen (secondary N) is 1. The van der Waals surface area contributed by atoms with Crippen LogP contribution in [0.1, 0.15) is 16.9 Å². The number of H-pyrrole nitrogens is 1. The van der Waals surface area contributed by atoms with Crippen LogP contribution in [-0.4, -0.2) is 41.8 Å². The van der Waals surface area contributed by atoms with E-state index in [0.29, 0.717) is 18.2 Å². The second-order valence-electron chi connectivity index (χ2n) is 4.13. The lowest BCUT2D eigenvalue weighted by Gasteiger charge is -2.13. The van der Waals surface area contributed by atoms with Gasteiger partial charge in [0.1, 0.15) is 0 Å². The van der Waals surface area contributed by atoms with Crippen molar-refractivity contribution in [2.75, 3.05) is 26.2 Å². The third-order valence-electron chi connectivity index (χ3n) is 2.97. The second kappa shape index (κ2) is 4.59. The largest absolute Gasteiger partial charge is 0.359 e. The topological polar surface area (TPSA) is 62.1 Å². The highest BCUT2D eigenvalue weighted by atomic mass is 16.1. The van der Waals surface area contributed by atoms with Gasteiger partial charge in [0, 0.05) is 12.7 Å². The van der Waals surface area contributed by atoms with Gasteiger partial charge in [0.25, 0.3) is 0 Å². The molecule has 1 saturated heterocycles. The van der Waals surface area contributed by atoms with Crippen molar-refractivity contribution in [3.8, 4) is 0 Å². The number of rotatable bonds is 4. The number of carbonyl (C=O) groups excluding carboxylic acids is 1. The summed E-state index contributed by atoms with van der Waals surface area (Å²) < 4.78 is 0. The Balaban J connectivity index is 1.86. The standard InChI is InChI=1S/C11H17N3O/c12-6-9-3-5-14(7-9)8-11(15)10-2-1-4-13-10/h1-2,4,9,13H,3,5-8,12H2/t9-/m1/s1. The highest BCUT2D eigenvalue weighted by molar-refractivity contribution is 5.95. The summed E-state index contributed by atoms with van der Waals surface area (Å²) in [6.45, 7) is 3.20. The van der Waals surface area contributed by atoms with Gasteiger partial charge in [-0.1, -0.05) is 0 Å². The Hall–Kier alpha value is -1.13. The quantitative estimate of drug-likeness (QED) is 0.706. The van der Waals surface area contributed by atoms with E-state index >= 15 is 0 Å². The minimum atomic E-state index is 0.165. The van der Waals surface area contributed by atoms with E-state index in [2.05, 4.69) is 9.88 Å². The number of hydrogen-bond acceptors (Lipinski definition) is 3. The first-order valence-electron chi connectivity index (χ1n) is 5.38. The summed E-state index contributed by atoms with van der Waals surface area (Å²) in [5.74, 6) is 0.735. The molecule has 3 N–H and O–H groups in total. The van der Waals surface area contributed by atoms with E-state index in [1.165, 1.54) is 0 Å². The van der Waals surface area contributed by atoms with Gasteiger partial charge in [-0.3, -0.25) is 9.69 Å². The van der Waals surface area contributed by atoms with Crippen LogP contribution in [-0.2, 0) is 0 Å². The Morgan fingerprint density at radius 1 is 1.67 bits per heavy atom. The summed E-state index contributed by atoms with van der Waals surface area (Å²) in [5.41, 5.74) is 6.30. The molecule has 82 valence electrons. The third-order valence-corrected chi connectivity index (χ3v) is 2.97. The molecule has 0 aromatic carbocycles. The minimum absolute atomic E-state index is 0.165. The molecule has 0 spiro atoms. The van der Waals surface area contributed by atoms with Crippen molar-refractivity contribution in [3.63, 3.8) is 0 Å². The number of aromatic nitrogens is 1. The summed E-state index contributed by atoms with van der Waals surface area (Å²) >= 11 is 0. The molecule has 4 heteroatoms. The molecule has 1 aromatic heterocycles. The Kier molecular flexibility index (Phi) is 3.18. The van der Waals surface area contributed by atoms with Gasteiger partial charge in [-0.2, -0.15) is 0 Å². The number of nitrogens with two attached hydrogens (primary N) is 1. The smallest absolute Gasteiger partial charge is 0.192 e. The second-order valence-corrected chi connectivity index (χ2v) is 4.13. The van der Waals surface area contributed by atoms with Gasteiger partial charge in [-0.05, 0) is 37.6 Å². The molecule has 1 aromatic rings. The van der Waals surface area contributed by atoms with E-state index < -0.39 is 0 Å². The van der Waals surface area contributed by atoms with Crippen LogP contribution < -0.4 is 5.73 Å². The highest BCUT2D eigenvalue weighted by Gasteiger charge is 2.23. The molecule has 0 aliphatic carbocycles. The maximum Gasteiger partial charge on any atom is 0.192 e. The van der Waals surface area contributed by atoms with Gasteiger partial charge >= 0.3 is 0 Å². The molecule has 0 bridgehead atoms. The monoisotopic (exact) mass is 207 g/mol. The zero-order chi connectivity index (χ0) is 10.7. The fourth-order valence-corrected chi connectivity index (χ4v) is 2.04. The summed E-state index contributed by atoms with van der Waals surface area (Å²) in [4.78, 5) is 16.9. The van der Waals surface area contributed by atoms with Crippen LogP contribution in [0.25, 0.3) is 0 Å². The average molecular weight is 207 g/mol. The van der Waals surface area contributed by atoms with E-state index in [9.17, 15) is 4.79 Å². The molecule has 0 radical (unpaired) electrons. The number of hydrogen-bond donors (Lipinski definition) is 2. The Morgan fingerprint density at radius 3 is 3.13 bits per heavy atom. The summed E-state index contributed by atoms with van der Waals surface area (Å²) in [6, 6.07) is 3.67. The molecule has 2 heterocycles. The van der Waals surface area contributed by atoms with E-state index in [1.54, 1.807) is 6.20 Å². The number of carbonyl (C=O) groups is 1. The van der Waals surface area contributed by atoms with Crippen molar-refractivity contribution >= 4 is 5.78 Å². The number of Topliss-reactive ketones (excluding diaryl/α,β-unsaturated/α-hetero) is 1. The van der Waals surface area contributed by atoms with Crippen molar-refractivity contribution < 1.29 is 4.79 Å². The van der Waals surface area contributed by atoms with Crippen LogP contribution in [0.4, 0.5) is 0 Å². The van der Waals surface area contributed by atoms with E-state index in [4.69, 9.17) is 5.73 Å². The van der Waals surface area contributed by atoms with Crippen molar-refractivity contribution in [2.24, 2.45) is 11.7 Å². The predicted octanol–water partition coefficient (Wildman–Crippen LogP) is 0.478. The first kappa shape index (κ1) is 10.4. The summed E-state index contributed by atoms with van der Waals surface area (Å²) in [6.07, 6.45) is 2.90. The maximum absolute atomic E-state index is 11.8. The normalized spacial score (nSPS) is 22.1. The average Bonchev–Trinajstić information content (AvgIpc) is 2.87. The molecule has 2 rings (SSSR count). The van der Waals surface area contributed by atoms with Gasteiger partial charge in [0.2, 0.25) is 0 Å². The molecule has 1 atom stereocenters. The lowest BCUT2D eigenvalue weighted by atomic mass is 10.1. The third kappa shape index (κ3) is 2.46. The van der Waals surface area contributed by atoms with E-state index in [-0.39, 0.29) is 5.78 Å². The van der Waals surface area contributed by atoms with Crippen LogP contribution >= 0.6 is 0 Å². The van der Waals surface area contributed by atoms with Crippen molar-refractivity contribution in [3.05, 3.63) is 24.0 Å². The van der Waals surface area contributed by atoms with Crippen LogP contribution in [0.15, 0.2) is 18.3 Å². The zero-order valence-corrected chi connectivity index (χ0v) is 8.78. The summed E-state index contributed by atoms with van der Waals surface area (Å²) in [7, 11) is 0. The molecular formula is C11H17N3O. The zero-order valence-electron chi connectivity index (χ0n) is 8.78. The van der Waals surface area contributed by atoms with Crippen LogP contribution in [0.2, 0.25) is 0 Å². The minimum Gasteiger partial charge on any atom is -0.359 e. The SMILES string of the molecule is NC[C@H]1CCN(CC(=O)c2ccc[nH]2)C1. The molecule has 0 unspecified atom stereocenters. The number of likely N-dealkylation sites (tertiary alicyclic amines) is 1. The van der Waals surface area contributed by atoms with Crippen molar-refractivity contribution in [2.45, 2.75) is 6.42 Å². The van der Waals surface area contributed by atoms with Crippen molar-refractivity contribution in [1.82, 2.24) is 9.88 Å². The lowest BCUT2D eigenvalue weighted by molar-refractivity contribution is 0.0939. The van der Waals surface area contributed by atoms with E-state index in [0.717, 1.165) is 26.1 Å². The van der Waals surface area contributed by atoms with Crippen LogP contribution in [0.3, 0.4) is 0 Å². The molecule has 15 heavy (non-hydrogen) atoms. The van der Waals surface area contributed by atoms with Gasteiger partial charge in [-0.25, -0.2) is 0 Å². The first-order chi connectivity index (χ1) is 7.29. The van der Waals surface area contributed by atoms with E-state index in [1.807, 2.05) is 12.1 Å². The van der Waals surface area contributed by atoms with Gasteiger partial charge < -0.3 is 10.7 Å². The summed E-state index contributed by atoms with van der Waals surface area (Å²) in [5, 5.41) is 0. The molecule has 1 fully saturated rings. The van der Waals surface area contributed by atoms with Gasteiger partial charge in [-0.15, -0.1) is 0 Å². The number of nitrogens with zero attached hydrogens (tertiary/aromatic N) is 1. The van der Waals surface area contributed by atoms with Gasteiger partial charge in [0.15, 0.2) is 5.78 Å². The lowest BCUT2D eigenvalue weighted by Crippen LogP contribution is -2.29. The molecule has 1 aliphatic heterocycles. The van der Waals surface area contributed by atoms with Crippen molar-refractivity contribution in [1.29, 1.82) is 0 Å². The fraction of sp³-hybridized carbons (Fsp3) is 0.545. The Labute approximate surface area is 89.5 Å². The molecular weight excluding hydrogens is 190 g/mol. The predicted molar refractivity (Wildman–Crippen MR) is 58.7 cm³/mol. The Morgan fingerprint density at radius 2 is 2.53 bits per heavy atom. The van der Waals surface area contributed by atoms with Gasteiger partial charge in [0.05, 0.1) is 12.2 Å². The fourth-order valence-electron chi connectivity index (χ4n) is 2.04. The number of aromatic amines is 1. The highest BCUT2D eigenvalue weighted by Crippen LogP contribution is 2.14. The van der Waals surface area contributed by atoms with Crippen LogP contribution in [0.5, 0.6) is 0 Å². The Bertz CT molecular complexity index is 321. The molecule has 4 nitrogen and oxygen atoms in total. The van der Waals surface area contributed by atoms with Crippen LogP contribution in [0, 0.1) is 5.92 Å². The number of ketones is 1. The molecule has 0 amide bonds. The molecule has 1 aliphatic rings. The first-order valence-corrected chi connectivity index (χ1v) is 5.38.